The van der Waals surface area contributed by atoms with Crippen molar-refractivity contribution in [2.24, 2.45) is 0 Å². The second-order valence-electron chi connectivity index (χ2n) is 4.52. The second kappa shape index (κ2) is 7.01. The van der Waals surface area contributed by atoms with Gasteiger partial charge in [0.15, 0.2) is 5.78 Å². The van der Waals surface area contributed by atoms with E-state index in [2.05, 4.69) is 4.74 Å². The van der Waals surface area contributed by atoms with Crippen molar-refractivity contribution in [1.29, 1.82) is 0 Å². The van der Waals surface area contributed by atoms with Gasteiger partial charge in [-0.15, -0.1) is 0 Å². The minimum absolute atomic E-state index is 0.0700. The summed E-state index contributed by atoms with van der Waals surface area (Å²) in [7, 11) is 1.24. The lowest BCUT2D eigenvalue weighted by Gasteiger charge is -2.27. The summed E-state index contributed by atoms with van der Waals surface area (Å²) in [5, 5.41) is 10.6. The summed E-state index contributed by atoms with van der Waals surface area (Å²) in [4.78, 5) is 24.0. The largest absolute Gasteiger partial charge is 0.466 e. The number of hydrogen-bond acceptors (Lipinski definition) is 4. The van der Waals surface area contributed by atoms with Gasteiger partial charge in [0.2, 0.25) is 0 Å². The lowest BCUT2D eigenvalue weighted by molar-refractivity contribution is -0.135. The molecule has 1 N–H and O–H groups in total. The van der Waals surface area contributed by atoms with Crippen LogP contribution < -0.4 is 0 Å². The Labute approximate surface area is 119 Å². The maximum atomic E-state index is 12.5. The number of methoxy groups -OCH3 is 1. The molecule has 0 aliphatic heterocycles. The molecule has 0 amide bonds. The van der Waals surface area contributed by atoms with Crippen LogP contribution >= 0.6 is 0 Å². The molecule has 1 aromatic rings. The molecule has 0 aliphatic rings. The smallest absolute Gasteiger partial charge is 0.330 e. The molecular formula is C16H20O4. The van der Waals surface area contributed by atoms with Crippen LogP contribution in [0.2, 0.25) is 0 Å². The monoisotopic (exact) mass is 276 g/mol. The van der Waals surface area contributed by atoms with E-state index in [0.717, 1.165) is 6.08 Å². The molecule has 0 atom stereocenters. The second-order valence-corrected chi connectivity index (χ2v) is 4.52. The molecule has 1 rings (SSSR count). The third kappa shape index (κ3) is 3.54. The minimum Gasteiger partial charge on any atom is -0.466 e. The zero-order valence-corrected chi connectivity index (χ0v) is 12.1. The third-order valence-electron chi connectivity index (χ3n) is 3.42. The molecule has 0 aliphatic carbocycles. The van der Waals surface area contributed by atoms with E-state index in [-0.39, 0.29) is 11.4 Å². The Hall–Kier alpha value is -1.94. The van der Waals surface area contributed by atoms with Gasteiger partial charge in [-0.05, 0) is 12.8 Å². The first-order valence-electron chi connectivity index (χ1n) is 6.60. The Morgan fingerprint density at radius 3 is 2.20 bits per heavy atom. The van der Waals surface area contributed by atoms with Gasteiger partial charge in [0.1, 0.15) is 0 Å². The normalized spacial score (nSPS) is 12.1. The Kier molecular flexibility index (Phi) is 5.65. The fourth-order valence-corrected chi connectivity index (χ4v) is 1.96. The Bertz CT molecular complexity index is 498. The molecule has 0 saturated carbocycles. The van der Waals surface area contributed by atoms with E-state index < -0.39 is 11.6 Å². The topological polar surface area (TPSA) is 63.6 Å². The van der Waals surface area contributed by atoms with Crippen LogP contribution in [0.25, 0.3) is 0 Å². The first kappa shape index (κ1) is 16.1. The van der Waals surface area contributed by atoms with E-state index in [9.17, 15) is 14.7 Å². The molecule has 0 saturated heterocycles. The number of carbonyl (C=O) groups excluding carboxylic acids is 2. The van der Waals surface area contributed by atoms with Gasteiger partial charge >= 0.3 is 5.97 Å². The predicted octanol–water partition coefficient (Wildman–Crippen LogP) is 2.52. The molecule has 0 unspecified atom stereocenters. The Morgan fingerprint density at radius 2 is 1.75 bits per heavy atom. The van der Waals surface area contributed by atoms with Crippen LogP contribution in [0.4, 0.5) is 0 Å². The molecule has 4 nitrogen and oxygen atoms in total. The number of carbonyl (C=O) groups is 2. The first-order valence-corrected chi connectivity index (χ1v) is 6.60. The fraction of sp³-hybridized carbons (Fsp3) is 0.375. The van der Waals surface area contributed by atoms with Crippen molar-refractivity contribution in [3.05, 3.63) is 47.5 Å². The van der Waals surface area contributed by atoms with E-state index in [4.69, 9.17) is 0 Å². The number of rotatable bonds is 6. The van der Waals surface area contributed by atoms with Gasteiger partial charge in [-0.1, -0.05) is 44.2 Å². The highest BCUT2D eigenvalue weighted by atomic mass is 16.5. The van der Waals surface area contributed by atoms with Gasteiger partial charge < -0.3 is 9.84 Å². The molecule has 0 radical (unpaired) electrons. The van der Waals surface area contributed by atoms with Gasteiger partial charge in [0.25, 0.3) is 0 Å². The first-order chi connectivity index (χ1) is 9.48. The number of benzene rings is 1. The summed E-state index contributed by atoms with van der Waals surface area (Å²) in [6.07, 6.45) is 1.76. The Morgan fingerprint density at radius 1 is 1.20 bits per heavy atom. The van der Waals surface area contributed by atoms with Crippen molar-refractivity contribution in [3.63, 3.8) is 0 Å². The van der Waals surface area contributed by atoms with Gasteiger partial charge in [0.05, 0.1) is 12.7 Å². The number of ketones is 1. The van der Waals surface area contributed by atoms with Crippen molar-refractivity contribution in [2.45, 2.75) is 32.3 Å². The molecule has 108 valence electrons. The average molecular weight is 276 g/mol. The van der Waals surface area contributed by atoms with E-state index >= 15 is 0 Å². The lowest BCUT2D eigenvalue weighted by Crippen LogP contribution is -2.34. The van der Waals surface area contributed by atoms with Crippen molar-refractivity contribution < 1.29 is 19.4 Å². The van der Waals surface area contributed by atoms with Crippen molar-refractivity contribution in [2.75, 3.05) is 7.11 Å². The molecule has 1 aromatic carbocycles. The van der Waals surface area contributed by atoms with Crippen molar-refractivity contribution >= 4 is 11.8 Å². The lowest BCUT2D eigenvalue weighted by atomic mass is 9.83. The maximum absolute atomic E-state index is 12.5. The van der Waals surface area contributed by atoms with Crippen LogP contribution in [-0.4, -0.2) is 29.6 Å². The van der Waals surface area contributed by atoms with Crippen LogP contribution in [0.1, 0.15) is 37.0 Å². The zero-order chi connectivity index (χ0) is 15.2. The Balaban J connectivity index is 3.29. The molecule has 0 spiro atoms. The molecule has 0 fully saturated rings. The summed E-state index contributed by atoms with van der Waals surface area (Å²) in [6.45, 7) is 3.54. The molecule has 0 aromatic heterocycles. The van der Waals surface area contributed by atoms with Crippen molar-refractivity contribution in [3.8, 4) is 0 Å². The van der Waals surface area contributed by atoms with Crippen LogP contribution in [-0.2, 0) is 9.53 Å². The van der Waals surface area contributed by atoms with Crippen molar-refractivity contribution in [1.82, 2.24) is 0 Å². The van der Waals surface area contributed by atoms with E-state index in [1.807, 2.05) is 0 Å². The molecule has 4 heteroatoms. The fourth-order valence-electron chi connectivity index (χ4n) is 1.96. The summed E-state index contributed by atoms with van der Waals surface area (Å²) in [5.41, 5.74) is -0.829. The minimum atomic E-state index is -1.33. The zero-order valence-electron chi connectivity index (χ0n) is 12.1. The summed E-state index contributed by atoms with van der Waals surface area (Å²) < 4.78 is 4.57. The maximum Gasteiger partial charge on any atom is 0.330 e. The number of esters is 1. The standard InChI is InChI=1S/C16H20O4/c1-4-16(19,5-2)13(11-14(17)20-3)15(18)12-9-7-6-8-10-12/h6-11,19H,4-5H2,1-3H3/b13-11+. The van der Waals surface area contributed by atoms with Gasteiger partial charge in [-0.25, -0.2) is 4.79 Å². The molecule has 0 heterocycles. The van der Waals surface area contributed by atoms with Gasteiger partial charge in [0, 0.05) is 17.2 Å². The van der Waals surface area contributed by atoms with Crippen LogP contribution in [0.5, 0.6) is 0 Å². The highest BCUT2D eigenvalue weighted by Gasteiger charge is 2.33. The predicted molar refractivity (Wildman–Crippen MR) is 76.4 cm³/mol. The van der Waals surface area contributed by atoms with E-state index in [0.29, 0.717) is 18.4 Å². The summed E-state index contributed by atoms with van der Waals surface area (Å²) in [5.74, 6) is -1.01. The van der Waals surface area contributed by atoms with Crippen LogP contribution in [0.3, 0.4) is 0 Å². The van der Waals surface area contributed by atoms with E-state index in [1.165, 1.54) is 7.11 Å². The highest BCUT2D eigenvalue weighted by molar-refractivity contribution is 6.12. The SMILES string of the molecule is CCC(O)(CC)/C(=C/C(=O)OC)C(=O)c1ccccc1. The molecular weight excluding hydrogens is 256 g/mol. The highest BCUT2D eigenvalue weighted by Crippen LogP contribution is 2.28. The molecule has 0 bridgehead atoms. The molecule has 20 heavy (non-hydrogen) atoms. The number of aliphatic hydroxyl groups is 1. The van der Waals surface area contributed by atoms with Crippen LogP contribution in [0, 0.1) is 0 Å². The van der Waals surface area contributed by atoms with Crippen LogP contribution in [0.15, 0.2) is 42.0 Å². The van der Waals surface area contributed by atoms with Gasteiger partial charge in [-0.3, -0.25) is 4.79 Å². The quantitative estimate of drug-likeness (QED) is 0.492. The summed E-state index contributed by atoms with van der Waals surface area (Å²) >= 11 is 0. The summed E-state index contributed by atoms with van der Waals surface area (Å²) in [6, 6.07) is 8.57. The number of hydrogen-bond donors (Lipinski definition) is 1. The number of Topliss-reactive ketones (excluding diaryl/α,β-unsaturated/α-hetero) is 1. The average Bonchev–Trinajstić information content (AvgIpc) is 2.51. The third-order valence-corrected chi connectivity index (χ3v) is 3.42. The van der Waals surface area contributed by atoms with E-state index in [1.54, 1.807) is 44.2 Å². The van der Waals surface area contributed by atoms with Gasteiger partial charge in [-0.2, -0.15) is 0 Å². The number of ether oxygens (including phenoxy) is 1.